The zero-order chi connectivity index (χ0) is 29.2. The van der Waals surface area contributed by atoms with Gasteiger partial charge in [0, 0.05) is 5.56 Å². The van der Waals surface area contributed by atoms with Crippen LogP contribution in [-0.2, 0) is 10.8 Å². The first-order chi connectivity index (χ1) is 19.5. The van der Waals surface area contributed by atoms with Gasteiger partial charge in [-0.05, 0) is 101 Å². The Hall–Kier alpha value is -2.59. The van der Waals surface area contributed by atoms with Crippen LogP contribution < -0.4 is 5.32 Å². The molecule has 1 aromatic heterocycles. The van der Waals surface area contributed by atoms with E-state index in [1.807, 2.05) is 0 Å². The number of aromatic amines is 1. The van der Waals surface area contributed by atoms with Gasteiger partial charge < -0.3 is 15.4 Å². The standard InChI is InChI=1S/C37H53N3O/c1-36(2,3)30-21-28(22-31(37(4,5)6)33(30)26-17-19-29(41)20-18-26)32-24-39-35(40-32)34(27-15-11-8-12-16-27)38-23-25-13-9-7-10-14-25/h17-22,24-25,27,34,38,41H,7-16,23H2,1-6H3,(H,39,40)/t34-/m0/s1. The number of rotatable bonds is 7. The summed E-state index contributed by atoms with van der Waals surface area (Å²) in [6, 6.07) is 12.8. The Kier molecular flexibility index (Phi) is 8.99. The number of aromatic nitrogens is 2. The zero-order valence-corrected chi connectivity index (χ0v) is 26.4. The first-order valence-corrected chi connectivity index (χ1v) is 16.3. The average molecular weight is 556 g/mol. The van der Waals surface area contributed by atoms with Crippen LogP contribution in [-0.4, -0.2) is 21.6 Å². The number of hydrogen-bond acceptors (Lipinski definition) is 3. The zero-order valence-electron chi connectivity index (χ0n) is 26.4. The predicted molar refractivity (Wildman–Crippen MR) is 172 cm³/mol. The summed E-state index contributed by atoms with van der Waals surface area (Å²) in [5.41, 5.74) is 7.27. The number of imidazole rings is 1. The van der Waals surface area contributed by atoms with Crippen LogP contribution in [0, 0.1) is 11.8 Å². The maximum atomic E-state index is 9.99. The van der Waals surface area contributed by atoms with E-state index in [0.29, 0.717) is 17.7 Å². The second-order valence-corrected chi connectivity index (χ2v) is 15.0. The van der Waals surface area contributed by atoms with Crippen molar-refractivity contribution in [3.63, 3.8) is 0 Å². The van der Waals surface area contributed by atoms with Gasteiger partial charge in [-0.2, -0.15) is 0 Å². The SMILES string of the molecule is CC(C)(C)c1cc(-c2cnc([C@@H](NCC3CCCCC3)C3CCCCC3)[nH]2)cc(C(C)(C)C)c1-c1ccc(O)cc1. The third-order valence-corrected chi connectivity index (χ3v) is 9.58. The Balaban J connectivity index is 1.54. The molecule has 222 valence electrons. The minimum atomic E-state index is -0.0573. The summed E-state index contributed by atoms with van der Waals surface area (Å²) in [4.78, 5) is 8.89. The van der Waals surface area contributed by atoms with Crippen molar-refractivity contribution < 1.29 is 5.11 Å². The summed E-state index contributed by atoms with van der Waals surface area (Å²) in [7, 11) is 0. The van der Waals surface area contributed by atoms with Crippen LogP contribution in [0.15, 0.2) is 42.6 Å². The highest BCUT2D eigenvalue weighted by Gasteiger charge is 2.30. The van der Waals surface area contributed by atoms with E-state index in [1.165, 1.54) is 86.5 Å². The molecule has 2 aliphatic rings. The first-order valence-electron chi connectivity index (χ1n) is 16.3. The molecule has 0 bridgehead atoms. The van der Waals surface area contributed by atoms with Crippen LogP contribution >= 0.6 is 0 Å². The smallest absolute Gasteiger partial charge is 0.123 e. The Morgan fingerprint density at radius 3 is 1.93 bits per heavy atom. The molecule has 2 saturated carbocycles. The lowest BCUT2D eigenvalue weighted by atomic mass is 9.73. The lowest BCUT2D eigenvalue weighted by molar-refractivity contribution is 0.242. The third-order valence-electron chi connectivity index (χ3n) is 9.58. The van der Waals surface area contributed by atoms with E-state index >= 15 is 0 Å². The molecule has 1 atom stereocenters. The molecule has 0 spiro atoms. The number of aromatic hydroxyl groups is 1. The van der Waals surface area contributed by atoms with Crippen LogP contribution in [0.25, 0.3) is 22.4 Å². The molecule has 41 heavy (non-hydrogen) atoms. The van der Waals surface area contributed by atoms with Gasteiger partial charge in [-0.3, -0.25) is 0 Å². The fourth-order valence-corrected chi connectivity index (χ4v) is 7.20. The Morgan fingerprint density at radius 1 is 0.805 bits per heavy atom. The van der Waals surface area contributed by atoms with Gasteiger partial charge in [0.25, 0.3) is 0 Å². The van der Waals surface area contributed by atoms with E-state index in [0.717, 1.165) is 29.5 Å². The van der Waals surface area contributed by atoms with Crippen molar-refractivity contribution in [1.29, 1.82) is 0 Å². The van der Waals surface area contributed by atoms with Gasteiger partial charge in [0.05, 0.1) is 17.9 Å². The van der Waals surface area contributed by atoms with Crippen LogP contribution in [0.1, 0.15) is 129 Å². The van der Waals surface area contributed by atoms with E-state index < -0.39 is 0 Å². The third kappa shape index (κ3) is 7.08. The molecule has 2 fully saturated rings. The molecule has 0 radical (unpaired) electrons. The predicted octanol–water partition coefficient (Wildman–Crippen LogP) is 9.84. The summed E-state index contributed by atoms with van der Waals surface area (Å²) in [5.74, 6) is 2.87. The first kappa shape index (κ1) is 29.9. The van der Waals surface area contributed by atoms with E-state index in [-0.39, 0.29) is 10.8 Å². The molecule has 2 aliphatic carbocycles. The van der Waals surface area contributed by atoms with Crippen molar-refractivity contribution in [2.24, 2.45) is 11.8 Å². The number of phenols is 1. The fraction of sp³-hybridized carbons (Fsp3) is 0.595. The Bertz CT molecular complexity index is 1240. The summed E-state index contributed by atoms with van der Waals surface area (Å²) >= 11 is 0. The van der Waals surface area contributed by atoms with Gasteiger partial charge in [0.1, 0.15) is 11.6 Å². The Labute approximate surface area is 248 Å². The molecule has 0 saturated heterocycles. The molecule has 0 amide bonds. The maximum absolute atomic E-state index is 9.99. The number of H-pyrrole nitrogens is 1. The van der Waals surface area contributed by atoms with E-state index in [9.17, 15) is 5.11 Å². The minimum Gasteiger partial charge on any atom is -0.508 e. The monoisotopic (exact) mass is 555 g/mol. The number of nitrogens with zero attached hydrogens (tertiary/aromatic N) is 1. The largest absolute Gasteiger partial charge is 0.508 e. The molecule has 4 heteroatoms. The fourth-order valence-electron chi connectivity index (χ4n) is 7.20. The highest BCUT2D eigenvalue weighted by atomic mass is 16.3. The number of nitrogens with one attached hydrogen (secondary N) is 2. The van der Waals surface area contributed by atoms with E-state index in [2.05, 4.69) is 82.3 Å². The van der Waals surface area contributed by atoms with Crippen molar-refractivity contribution in [2.45, 2.75) is 123 Å². The number of hydrogen-bond donors (Lipinski definition) is 3. The highest BCUT2D eigenvalue weighted by molar-refractivity contribution is 5.78. The maximum Gasteiger partial charge on any atom is 0.123 e. The molecule has 3 aromatic rings. The molecule has 3 N–H and O–H groups in total. The molecule has 2 aromatic carbocycles. The van der Waals surface area contributed by atoms with E-state index in [4.69, 9.17) is 4.98 Å². The van der Waals surface area contributed by atoms with Gasteiger partial charge in [-0.25, -0.2) is 4.98 Å². The molecule has 4 nitrogen and oxygen atoms in total. The lowest BCUT2D eigenvalue weighted by Crippen LogP contribution is -2.34. The van der Waals surface area contributed by atoms with Gasteiger partial charge in [0.2, 0.25) is 0 Å². The number of phenolic OH excluding ortho intramolecular Hbond substituents is 1. The molecular weight excluding hydrogens is 502 g/mol. The average Bonchev–Trinajstić information content (AvgIpc) is 3.43. The Morgan fingerprint density at radius 2 is 1.37 bits per heavy atom. The van der Waals surface area contributed by atoms with Crippen LogP contribution in [0.5, 0.6) is 5.75 Å². The second-order valence-electron chi connectivity index (χ2n) is 15.0. The molecular formula is C37H53N3O. The normalized spacial score (nSPS) is 18.5. The van der Waals surface area contributed by atoms with Crippen molar-refractivity contribution in [1.82, 2.24) is 15.3 Å². The van der Waals surface area contributed by atoms with Crippen molar-refractivity contribution >= 4 is 0 Å². The quantitative estimate of drug-likeness (QED) is 0.272. The molecule has 5 rings (SSSR count). The van der Waals surface area contributed by atoms with Gasteiger partial charge in [-0.1, -0.05) is 92.2 Å². The molecule has 0 unspecified atom stereocenters. The lowest BCUT2D eigenvalue weighted by Gasteiger charge is -2.32. The highest BCUT2D eigenvalue weighted by Crippen LogP contribution is 2.44. The summed E-state index contributed by atoms with van der Waals surface area (Å²) in [6.45, 7) is 14.9. The summed E-state index contributed by atoms with van der Waals surface area (Å²) < 4.78 is 0. The van der Waals surface area contributed by atoms with Crippen molar-refractivity contribution in [3.8, 4) is 28.1 Å². The summed E-state index contributed by atoms with van der Waals surface area (Å²) in [6.07, 6.45) is 15.6. The van der Waals surface area contributed by atoms with Crippen LogP contribution in [0.4, 0.5) is 0 Å². The molecule has 1 heterocycles. The van der Waals surface area contributed by atoms with Gasteiger partial charge >= 0.3 is 0 Å². The van der Waals surface area contributed by atoms with Crippen molar-refractivity contribution in [3.05, 3.63) is 59.5 Å². The van der Waals surface area contributed by atoms with Crippen molar-refractivity contribution in [2.75, 3.05) is 6.54 Å². The van der Waals surface area contributed by atoms with Gasteiger partial charge in [-0.15, -0.1) is 0 Å². The second kappa shape index (κ2) is 12.3. The number of benzene rings is 2. The summed E-state index contributed by atoms with van der Waals surface area (Å²) in [5, 5.41) is 14.0. The van der Waals surface area contributed by atoms with E-state index in [1.54, 1.807) is 12.1 Å². The molecule has 0 aliphatic heterocycles. The minimum absolute atomic E-state index is 0.0573. The van der Waals surface area contributed by atoms with Gasteiger partial charge in [0.15, 0.2) is 0 Å². The van der Waals surface area contributed by atoms with Crippen LogP contribution in [0.3, 0.4) is 0 Å². The topological polar surface area (TPSA) is 60.9 Å². The van der Waals surface area contributed by atoms with Crippen LogP contribution in [0.2, 0.25) is 0 Å².